The number of hydrogen-bond acceptors (Lipinski definition) is 0. The van der Waals surface area contributed by atoms with E-state index < -0.39 is 0 Å². The number of aryl methyl sites for hydroxylation is 1. The summed E-state index contributed by atoms with van der Waals surface area (Å²) in [5, 5.41) is 0. The third kappa shape index (κ3) is 2.37. The van der Waals surface area contributed by atoms with Crippen LogP contribution in [0.4, 0.5) is 0 Å². The van der Waals surface area contributed by atoms with Gasteiger partial charge in [-0.2, -0.15) is 0 Å². The maximum absolute atomic E-state index is 3.22. The van der Waals surface area contributed by atoms with Gasteiger partial charge in [0.1, 0.15) is 12.4 Å². The first-order valence-corrected chi connectivity index (χ1v) is 4.01. The predicted octanol–water partition coefficient (Wildman–Crippen LogP) is 1.43. The van der Waals surface area contributed by atoms with Crippen LogP contribution in [0.2, 0.25) is 0 Å². The molecule has 0 aliphatic rings. The van der Waals surface area contributed by atoms with E-state index in [0.29, 0.717) is 5.41 Å². The highest BCUT2D eigenvalue weighted by Gasteiger charge is 2.17. The summed E-state index contributed by atoms with van der Waals surface area (Å²) in [6, 6.07) is 0. The molecule has 62 valence electrons. The molecular formula is C9H17N2+. The zero-order valence-corrected chi connectivity index (χ0v) is 7.81. The Hall–Kier alpha value is -0.790. The van der Waals surface area contributed by atoms with Gasteiger partial charge in [-0.15, -0.1) is 0 Å². The number of rotatable bonds is 1. The summed E-state index contributed by atoms with van der Waals surface area (Å²) >= 11 is 0. The van der Waals surface area contributed by atoms with Crippen molar-refractivity contribution < 1.29 is 4.57 Å². The van der Waals surface area contributed by atoms with E-state index in [4.69, 9.17) is 0 Å². The number of nitrogens with zero attached hydrogens (tertiary/aromatic N) is 1. The standard InChI is InChI=1S/C9H16N2/c1-9(2,3)7-8-10-5-6-11(8)4/h5-6H,7H2,1-4H3/p+1. The van der Waals surface area contributed by atoms with Crippen LogP contribution >= 0.6 is 0 Å². The van der Waals surface area contributed by atoms with Gasteiger partial charge in [-0.1, -0.05) is 20.8 Å². The number of hydrogen-bond donors (Lipinski definition) is 1. The molecule has 0 aromatic carbocycles. The third-order valence-corrected chi connectivity index (χ3v) is 1.67. The van der Waals surface area contributed by atoms with E-state index in [-0.39, 0.29) is 0 Å². The highest BCUT2D eigenvalue weighted by Crippen LogP contribution is 2.16. The second-order valence-electron chi connectivity index (χ2n) is 4.26. The van der Waals surface area contributed by atoms with E-state index in [2.05, 4.69) is 37.4 Å². The lowest BCUT2D eigenvalue weighted by Gasteiger charge is -2.14. The first-order chi connectivity index (χ1) is 4.99. The molecule has 1 N–H and O–H groups in total. The van der Waals surface area contributed by atoms with E-state index >= 15 is 0 Å². The lowest BCUT2D eigenvalue weighted by atomic mass is 9.92. The Kier molecular flexibility index (Phi) is 2.03. The first kappa shape index (κ1) is 8.31. The van der Waals surface area contributed by atoms with Crippen molar-refractivity contribution in [3.8, 4) is 0 Å². The minimum Gasteiger partial charge on any atom is -0.248 e. The monoisotopic (exact) mass is 153 g/mol. The van der Waals surface area contributed by atoms with Crippen molar-refractivity contribution in [1.82, 2.24) is 4.98 Å². The molecule has 0 bridgehead atoms. The lowest BCUT2D eigenvalue weighted by molar-refractivity contribution is -0.678. The number of aromatic nitrogens is 2. The largest absolute Gasteiger partial charge is 0.254 e. The Balaban J connectivity index is 2.72. The van der Waals surface area contributed by atoms with Gasteiger partial charge in [0.25, 0.3) is 5.82 Å². The van der Waals surface area contributed by atoms with Gasteiger partial charge >= 0.3 is 0 Å². The summed E-state index contributed by atoms with van der Waals surface area (Å²) in [6.45, 7) is 6.73. The minimum atomic E-state index is 0.364. The molecule has 1 aromatic rings. The topological polar surface area (TPSA) is 19.7 Å². The molecule has 2 heteroatoms. The molecule has 0 saturated heterocycles. The van der Waals surface area contributed by atoms with Gasteiger partial charge in [-0.05, 0) is 5.41 Å². The Morgan fingerprint density at radius 2 is 2.09 bits per heavy atom. The highest BCUT2D eigenvalue weighted by atomic mass is 15.0. The van der Waals surface area contributed by atoms with Crippen molar-refractivity contribution in [2.75, 3.05) is 0 Å². The Morgan fingerprint density at radius 3 is 2.45 bits per heavy atom. The fourth-order valence-corrected chi connectivity index (χ4v) is 1.12. The average Bonchev–Trinajstić information content (AvgIpc) is 2.12. The van der Waals surface area contributed by atoms with Crippen molar-refractivity contribution in [3.05, 3.63) is 18.2 Å². The van der Waals surface area contributed by atoms with Crippen molar-refractivity contribution in [2.24, 2.45) is 12.5 Å². The average molecular weight is 153 g/mol. The maximum Gasteiger partial charge on any atom is 0.254 e. The van der Waals surface area contributed by atoms with Crippen LogP contribution in [-0.4, -0.2) is 4.98 Å². The molecule has 1 heterocycles. The lowest BCUT2D eigenvalue weighted by Crippen LogP contribution is -2.32. The second kappa shape index (κ2) is 2.68. The molecule has 0 aliphatic carbocycles. The molecule has 0 aliphatic heterocycles. The van der Waals surface area contributed by atoms with E-state index in [1.165, 1.54) is 5.82 Å². The van der Waals surface area contributed by atoms with E-state index in [1.54, 1.807) is 0 Å². The van der Waals surface area contributed by atoms with E-state index in [1.807, 2.05) is 12.4 Å². The minimum absolute atomic E-state index is 0.364. The predicted molar refractivity (Wildman–Crippen MR) is 45.1 cm³/mol. The van der Waals surface area contributed by atoms with Crippen molar-refractivity contribution in [1.29, 1.82) is 0 Å². The molecule has 1 rings (SSSR count). The summed E-state index contributed by atoms with van der Waals surface area (Å²) in [5.74, 6) is 1.29. The van der Waals surface area contributed by atoms with Crippen LogP contribution in [0.3, 0.4) is 0 Å². The Morgan fingerprint density at radius 1 is 1.45 bits per heavy atom. The number of aromatic amines is 1. The van der Waals surface area contributed by atoms with Gasteiger partial charge in [0.05, 0.1) is 13.5 Å². The fraction of sp³-hybridized carbons (Fsp3) is 0.667. The molecular weight excluding hydrogens is 136 g/mol. The van der Waals surface area contributed by atoms with Crippen LogP contribution < -0.4 is 4.57 Å². The van der Waals surface area contributed by atoms with E-state index in [9.17, 15) is 0 Å². The highest BCUT2D eigenvalue weighted by molar-refractivity contribution is 4.82. The van der Waals surface area contributed by atoms with Gasteiger partial charge in [0.15, 0.2) is 0 Å². The van der Waals surface area contributed by atoms with Crippen LogP contribution in [-0.2, 0) is 13.5 Å². The van der Waals surface area contributed by atoms with Crippen LogP contribution in [0.1, 0.15) is 26.6 Å². The molecule has 1 aromatic heterocycles. The molecule has 0 spiro atoms. The normalized spacial score (nSPS) is 12.0. The van der Waals surface area contributed by atoms with Gasteiger partial charge in [0.2, 0.25) is 0 Å². The molecule has 0 fully saturated rings. The summed E-state index contributed by atoms with van der Waals surface area (Å²) in [4.78, 5) is 3.22. The van der Waals surface area contributed by atoms with Crippen molar-refractivity contribution in [3.63, 3.8) is 0 Å². The maximum atomic E-state index is 3.22. The molecule has 0 unspecified atom stereocenters. The van der Waals surface area contributed by atoms with Gasteiger partial charge in [0, 0.05) is 0 Å². The summed E-state index contributed by atoms with van der Waals surface area (Å²) in [5.41, 5.74) is 0.364. The number of H-pyrrole nitrogens is 1. The summed E-state index contributed by atoms with van der Waals surface area (Å²) < 4.78 is 2.13. The zero-order valence-electron chi connectivity index (χ0n) is 7.81. The quantitative estimate of drug-likeness (QED) is 0.589. The second-order valence-corrected chi connectivity index (χ2v) is 4.26. The zero-order chi connectivity index (χ0) is 8.48. The van der Waals surface area contributed by atoms with Crippen LogP contribution in [0.25, 0.3) is 0 Å². The summed E-state index contributed by atoms with van der Waals surface area (Å²) in [7, 11) is 2.07. The number of imidazole rings is 1. The van der Waals surface area contributed by atoms with Gasteiger partial charge in [-0.3, -0.25) is 0 Å². The van der Waals surface area contributed by atoms with Crippen LogP contribution in [0.15, 0.2) is 12.4 Å². The fourth-order valence-electron chi connectivity index (χ4n) is 1.12. The molecule has 0 atom stereocenters. The Labute approximate surface area is 68.3 Å². The van der Waals surface area contributed by atoms with Gasteiger partial charge < -0.3 is 0 Å². The molecule has 0 radical (unpaired) electrons. The third-order valence-electron chi connectivity index (χ3n) is 1.67. The van der Waals surface area contributed by atoms with Crippen molar-refractivity contribution in [2.45, 2.75) is 27.2 Å². The number of nitrogens with one attached hydrogen (secondary N) is 1. The summed E-state index contributed by atoms with van der Waals surface area (Å²) in [6.07, 6.45) is 5.11. The molecule has 11 heavy (non-hydrogen) atoms. The first-order valence-electron chi connectivity index (χ1n) is 4.01. The molecule has 2 nitrogen and oxygen atoms in total. The molecule has 0 amide bonds. The SMILES string of the molecule is C[n+]1cc[nH]c1CC(C)(C)C. The van der Waals surface area contributed by atoms with Gasteiger partial charge in [-0.25, -0.2) is 9.55 Å². The van der Waals surface area contributed by atoms with Crippen molar-refractivity contribution >= 4 is 0 Å². The van der Waals surface area contributed by atoms with Crippen LogP contribution in [0.5, 0.6) is 0 Å². The molecule has 0 saturated carbocycles. The Bertz CT molecular complexity index is 230. The van der Waals surface area contributed by atoms with E-state index in [0.717, 1.165) is 6.42 Å². The smallest absolute Gasteiger partial charge is 0.248 e. The van der Waals surface area contributed by atoms with Crippen LogP contribution in [0, 0.1) is 5.41 Å².